The minimum Gasteiger partial charge on any atom is -0.496 e. The van der Waals surface area contributed by atoms with Crippen molar-refractivity contribution in [2.24, 2.45) is 28.6 Å². The third kappa shape index (κ3) is 5.91. The molecule has 1 aromatic rings. The molecule has 210 valence electrons. The van der Waals surface area contributed by atoms with Crippen LogP contribution in [0.3, 0.4) is 0 Å². The number of carboxylic acid groups (broad SMARTS) is 1. The second-order valence-electron chi connectivity index (χ2n) is 12.8. The first kappa shape index (κ1) is 28.2. The van der Waals surface area contributed by atoms with Gasteiger partial charge in [-0.1, -0.05) is 20.8 Å². The number of hydrogen-bond acceptors (Lipinski definition) is 5. The Bertz CT molecular complexity index is 1080. The molecule has 3 aliphatic carbocycles. The number of aliphatic carboxylic acids is 1. The van der Waals surface area contributed by atoms with Gasteiger partial charge in [-0.3, -0.25) is 14.4 Å². The maximum atomic E-state index is 14.9. The van der Waals surface area contributed by atoms with Crippen molar-refractivity contribution in [1.82, 2.24) is 10.6 Å². The molecule has 3 aliphatic rings. The molecule has 0 heterocycles. The SMILES string of the molecule is COc1cc(F)c(OC2CCC(C)(C(=O)O)CC2)cc1C(=O)N[C@@H]1[C@@H]2CC[C@@H](C2)[C@@H]1C(=O)NCC(C)(C)C. The molecule has 8 nitrogen and oxygen atoms in total. The van der Waals surface area contributed by atoms with Crippen molar-refractivity contribution in [1.29, 1.82) is 0 Å². The topological polar surface area (TPSA) is 114 Å². The number of halogens is 1. The number of fused-ring (bicyclic) bond motifs is 2. The van der Waals surface area contributed by atoms with Gasteiger partial charge in [-0.15, -0.1) is 0 Å². The summed E-state index contributed by atoms with van der Waals surface area (Å²) in [5.74, 6) is -1.75. The molecule has 2 amide bonds. The Kier molecular flexibility index (Phi) is 7.96. The Morgan fingerprint density at radius 2 is 1.74 bits per heavy atom. The molecule has 0 radical (unpaired) electrons. The molecule has 9 heteroatoms. The molecular formula is C29H41FN2O6. The number of amides is 2. The van der Waals surface area contributed by atoms with E-state index in [2.05, 4.69) is 31.4 Å². The lowest BCUT2D eigenvalue weighted by Gasteiger charge is -2.34. The highest BCUT2D eigenvalue weighted by atomic mass is 19.1. The van der Waals surface area contributed by atoms with Gasteiger partial charge in [0, 0.05) is 18.7 Å². The number of carboxylic acids is 1. The monoisotopic (exact) mass is 532 g/mol. The maximum absolute atomic E-state index is 14.9. The van der Waals surface area contributed by atoms with Crippen LogP contribution in [0.5, 0.6) is 11.5 Å². The summed E-state index contributed by atoms with van der Waals surface area (Å²) in [5, 5.41) is 15.6. The molecule has 3 fully saturated rings. The lowest BCUT2D eigenvalue weighted by Crippen LogP contribution is -2.50. The standard InChI is InChI=1S/C29H41FN2O6/c1-28(2,3)15-31-26(34)23-16-6-7-17(12-16)24(23)32-25(33)19-13-22(20(30)14-21(19)37-5)38-18-8-10-29(4,11-9-18)27(35)36/h13-14,16-18,23-24H,6-12,15H2,1-5H3,(H,31,34)(H,32,33)(H,35,36)/t16-,17+,18?,23-,24+,29?/m0/s1. The van der Waals surface area contributed by atoms with Crippen LogP contribution >= 0.6 is 0 Å². The van der Waals surface area contributed by atoms with Gasteiger partial charge in [0.2, 0.25) is 5.91 Å². The van der Waals surface area contributed by atoms with E-state index in [-0.39, 0.29) is 58.3 Å². The van der Waals surface area contributed by atoms with Gasteiger partial charge in [0.1, 0.15) is 5.75 Å². The molecule has 4 atom stereocenters. The summed E-state index contributed by atoms with van der Waals surface area (Å²) in [6.45, 7) is 8.46. The van der Waals surface area contributed by atoms with Crippen LogP contribution in [-0.4, -0.2) is 48.7 Å². The molecule has 0 unspecified atom stereocenters. The summed E-state index contributed by atoms with van der Waals surface area (Å²) in [6.07, 6.45) is 4.32. The van der Waals surface area contributed by atoms with Crippen molar-refractivity contribution < 1.29 is 33.4 Å². The Morgan fingerprint density at radius 3 is 2.34 bits per heavy atom. The summed E-state index contributed by atoms with van der Waals surface area (Å²) < 4.78 is 26.2. The summed E-state index contributed by atoms with van der Waals surface area (Å²) >= 11 is 0. The minimum atomic E-state index is -0.837. The number of carbonyl (C=O) groups is 3. The van der Waals surface area contributed by atoms with E-state index in [1.807, 2.05) is 0 Å². The summed E-state index contributed by atoms with van der Waals surface area (Å²) in [5.41, 5.74) is -0.708. The number of carbonyl (C=O) groups excluding carboxylic acids is 2. The number of hydrogen-bond donors (Lipinski definition) is 3. The van der Waals surface area contributed by atoms with Gasteiger partial charge in [0.25, 0.3) is 5.91 Å². The van der Waals surface area contributed by atoms with Crippen LogP contribution in [0, 0.1) is 34.4 Å². The molecule has 3 N–H and O–H groups in total. The predicted molar refractivity (Wildman–Crippen MR) is 140 cm³/mol. The second-order valence-corrected chi connectivity index (χ2v) is 12.8. The number of nitrogens with one attached hydrogen (secondary N) is 2. The van der Waals surface area contributed by atoms with Crippen LogP contribution < -0.4 is 20.1 Å². The van der Waals surface area contributed by atoms with Gasteiger partial charge >= 0.3 is 5.97 Å². The molecule has 0 saturated heterocycles. The number of benzene rings is 1. The highest BCUT2D eigenvalue weighted by molar-refractivity contribution is 5.98. The van der Waals surface area contributed by atoms with Gasteiger partial charge in [-0.05, 0) is 75.2 Å². The molecule has 3 saturated carbocycles. The van der Waals surface area contributed by atoms with Gasteiger partial charge in [0.15, 0.2) is 11.6 Å². The summed E-state index contributed by atoms with van der Waals surface area (Å²) in [7, 11) is 1.38. The van der Waals surface area contributed by atoms with E-state index in [4.69, 9.17) is 9.47 Å². The van der Waals surface area contributed by atoms with Crippen molar-refractivity contribution in [2.75, 3.05) is 13.7 Å². The van der Waals surface area contributed by atoms with E-state index in [0.29, 0.717) is 32.2 Å². The van der Waals surface area contributed by atoms with Crippen molar-refractivity contribution in [3.63, 3.8) is 0 Å². The normalized spacial score (nSPS) is 30.5. The molecule has 0 aliphatic heterocycles. The average molecular weight is 533 g/mol. The lowest BCUT2D eigenvalue weighted by molar-refractivity contribution is -0.150. The Morgan fingerprint density at radius 1 is 1.08 bits per heavy atom. The first-order chi connectivity index (χ1) is 17.8. The second kappa shape index (κ2) is 10.7. The van der Waals surface area contributed by atoms with Crippen LogP contribution in [0.1, 0.15) is 83.0 Å². The third-order valence-corrected chi connectivity index (χ3v) is 8.65. The molecule has 38 heavy (non-hydrogen) atoms. The Hall–Kier alpha value is -2.84. The summed E-state index contributed by atoms with van der Waals surface area (Å²) in [6, 6.07) is 2.20. The van der Waals surface area contributed by atoms with Crippen LogP contribution in [0.15, 0.2) is 12.1 Å². The molecule has 0 spiro atoms. The van der Waals surface area contributed by atoms with Crippen LogP contribution in [0.2, 0.25) is 0 Å². The van der Waals surface area contributed by atoms with E-state index in [9.17, 15) is 23.9 Å². The first-order valence-corrected chi connectivity index (χ1v) is 13.7. The van der Waals surface area contributed by atoms with Crippen molar-refractivity contribution in [2.45, 2.75) is 84.8 Å². The summed E-state index contributed by atoms with van der Waals surface area (Å²) in [4.78, 5) is 38.2. The van der Waals surface area contributed by atoms with Crippen LogP contribution in [0.25, 0.3) is 0 Å². The number of rotatable bonds is 8. The van der Waals surface area contributed by atoms with Crippen molar-refractivity contribution >= 4 is 17.8 Å². The Labute approximate surface area is 224 Å². The smallest absolute Gasteiger partial charge is 0.309 e. The number of ether oxygens (including phenoxy) is 2. The van der Waals surface area contributed by atoms with Crippen molar-refractivity contribution in [3.8, 4) is 11.5 Å². The number of methoxy groups -OCH3 is 1. The fourth-order valence-electron chi connectivity index (χ4n) is 6.29. The molecule has 4 rings (SSSR count). The average Bonchev–Trinajstić information content (AvgIpc) is 3.46. The highest BCUT2D eigenvalue weighted by Gasteiger charge is 2.51. The van der Waals surface area contributed by atoms with E-state index in [1.165, 1.54) is 13.2 Å². The van der Waals surface area contributed by atoms with Crippen molar-refractivity contribution in [3.05, 3.63) is 23.5 Å². The van der Waals surface area contributed by atoms with E-state index in [1.54, 1.807) is 6.92 Å². The largest absolute Gasteiger partial charge is 0.496 e. The molecule has 0 aromatic heterocycles. The van der Waals surface area contributed by atoms with E-state index >= 15 is 0 Å². The molecular weight excluding hydrogens is 491 g/mol. The van der Waals surface area contributed by atoms with Gasteiger partial charge in [0.05, 0.1) is 30.1 Å². The fraction of sp³-hybridized carbons (Fsp3) is 0.690. The zero-order valence-electron chi connectivity index (χ0n) is 23.1. The molecule has 2 bridgehead atoms. The zero-order valence-corrected chi connectivity index (χ0v) is 23.1. The predicted octanol–water partition coefficient (Wildman–Crippen LogP) is 4.55. The zero-order chi connectivity index (χ0) is 27.8. The van der Waals surface area contributed by atoms with E-state index in [0.717, 1.165) is 25.3 Å². The van der Waals surface area contributed by atoms with Gasteiger partial charge < -0.3 is 25.2 Å². The van der Waals surface area contributed by atoms with Gasteiger partial charge in [-0.25, -0.2) is 4.39 Å². The first-order valence-electron chi connectivity index (χ1n) is 13.7. The third-order valence-electron chi connectivity index (χ3n) is 8.65. The minimum absolute atomic E-state index is 0.0295. The van der Waals surface area contributed by atoms with E-state index < -0.39 is 23.1 Å². The van der Waals surface area contributed by atoms with Crippen LogP contribution in [-0.2, 0) is 9.59 Å². The fourth-order valence-corrected chi connectivity index (χ4v) is 6.29. The molecule has 1 aromatic carbocycles. The Balaban J connectivity index is 1.48. The van der Waals surface area contributed by atoms with Crippen LogP contribution in [0.4, 0.5) is 4.39 Å². The maximum Gasteiger partial charge on any atom is 0.309 e. The lowest BCUT2D eigenvalue weighted by atomic mass is 9.75. The van der Waals surface area contributed by atoms with Gasteiger partial charge in [-0.2, -0.15) is 0 Å². The highest BCUT2D eigenvalue weighted by Crippen LogP contribution is 2.49. The quantitative estimate of drug-likeness (QED) is 0.453.